The third-order valence-corrected chi connectivity index (χ3v) is 7.80. The van der Waals surface area contributed by atoms with Gasteiger partial charge in [0.2, 0.25) is 12.4 Å². The van der Waals surface area contributed by atoms with Gasteiger partial charge in [-0.3, -0.25) is 0 Å². The van der Waals surface area contributed by atoms with Crippen molar-refractivity contribution in [1.82, 2.24) is 0 Å². The van der Waals surface area contributed by atoms with Crippen LogP contribution in [0.15, 0.2) is 54.6 Å². The van der Waals surface area contributed by atoms with Crippen LogP contribution in [0.25, 0.3) is 0 Å². The van der Waals surface area contributed by atoms with Gasteiger partial charge in [-0.25, -0.2) is 14.4 Å². The van der Waals surface area contributed by atoms with Crippen molar-refractivity contribution >= 4 is 17.9 Å². The third kappa shape index (κ3) is 7.83. The summed E-state index contributed by atoms with van der Waals surface area (Å²) in [5.41, 5.74) is -1.66. The minimum atomic E-state index is -2.11. The van der Waals surface area contributed by atoms with Gasteiger partial charge in [-0.05, 0) is 48.5 Å². The zero-order chi connectivity index (χ0) is 39.6. The van der Waals surface area contributed by atoms with E-state index in [1.165, 1.54) is 13.2 Å². The van der Waals surface area contributed by atoms with Crippen molar-refractivity contribution in [3.63, 3.8) is 0 Å². The number of carbonyl (C=O) groups is 3. The number of esters is 3. The van der Waals surface area contributed by atoms with Crippen LogP contribution in [0.1, 0.15) is 31.1 Å². The summed E-state index contributed by atoms with van der Waals surface area (Å²) < 4.78 is 33.0. The molecule has 0 amide bonds. The fraction of sp³-hybridized carbons (Fsp3) is 0.206. The number of rotatable bonds is 10. The van der Waals surface area contributed by atoms with Gasteiger partial charge in [0.25, 0.3) is 0 Å². The smallest absolute Gasteiger partial charge is 0.339 e. The van der Waals surface area contributed by atoms with Gasteiger partial charge in [-0.2, -0.15) is 0 Å². The molecule has 1 aliphatic heterocycles. The minimum Gasteiger partial charge on any atom is -0.504 e. The molecule has 0 saturated carbocycles. The van der Waals surface area contributed by atoms with Crippen LogP contribution in [0.2, 0.25) is 0 Å². The molecule has 0 aromatic heterocycles. The lowest BCUT2D eigenvalue weighted by atomic mass is 9.98. The van der Waals surface area contributed by atoms with Crippen LogP contribution in [-0.2, 0) is 18.9 Å². The van der Waals surface area contributed by atoms with Gasteiger partial charge in [0, 0.05) is 6.07 Å². The van der Waals surface area contributed by atoms with Gasteiger partial charge >= 0.3 is 17.9 Å². The average Bonchev–Trinajstić information content (AvgIpc) is 3.13. The van der Waals surface area contributed by atoms with Crippen LogP contribution in [0.3, 0.4) is 0 Å². The number of methoxy groups -OCH3 is 1. The second-order valence-electron chi connectivity index (χ2n) is 11.4. The molecule has 1 saturated heterocycles. The van der Waals surface area contributed by atoms with Crippen molar-refractivity contribution in [2.45, 2.75) is 30.7 Å². The summed E-state index contributed by atoms with van der Waals surface area (Å²) in [4.78, 5) is 39.6. The Hall–Kier alpha value is -7.19. The van der Waals surface area contributed by atoms with E-state index in [1.807, 2.05) is 0 Å². The predicted octanol–water partition coefficient (Wildman–Crippen LogP) is 1.52. The van der Waals surface area contributed by atoms with Crippen LogP contribution >= 0.6 is 0 Å². The number of phenolic OH excluding ortho intramolecular Hbond substituents is 10. The van der Waals surface area contributed by atoms with Gasteiger partial charge in [-0.15, -0.1) is 0 Å². The molecule has 0 unspecified atom stereocenters. The number of aliphatic hydroxyl groups excluding tert-OH is 1. The molecule has 4 aromatic carbocycles. The van der Waals surface area contributed by atoms with Crippen LogP contribution in [0.5, 0.6) is 69.0 Å². The largest absolute Gasteiger partial charge is 0.504 e. The fourth-order valence-corrected chi connectivity index (χ4v) is 5.04. The van der Waals surface area contributed by atoms with Crippen molar-refractivity contribution in [2.75, 3.05) is 13.7 Å². The summed E-state index contributed by atoms with van der Waals surface area (Å²) in [7, 11) is 1.21. The number of phenols is 10. The molecule has 5 rings (SSSR count). The summed E-state index contributed by atoms with van der Waals surface area (Å²) in [5.74, 6) is -13.1. The van der Waals surface area contributed by atoms with Crippen molar-refractivity contribution in [2.24, 2.45) is 0 Å². The van der Waals surface area contributed by atoms with E-state index in [-0.39, 0.29) is 17.2 Å². The van der Waals surface area contributed by atoms with Gasteiger partial charge in [-0.1, -0.05) is 0 Å². The number of ether oxygens (including phenoxy) is 6. The van der Waals surface area contributed by atoms with Crippen LogP contribution in [0.4, 0.5) is 0 Å². The third-order valence-electron chi connectivity index (χ3n) is 7.80. The average molecular weight is 759 g/mol. The number of aromatic hydroxyl groups is 10. The van der Waals surface area contributed by atoms with Crippen molar-refractivity contribution in [3.8, 4) is 69.0 Å². The van der Waals surface area contributed by atoms with Crippen LogP contribution in [0, 0.1) is 0 Å². The Morgan fingerprint density at radius 1 is 0.593 bits per heavy atom. The van der Waals surface area contributed by atoms with Crippen LogP contribution in [-0.4, -0.2) is 119 Å². The lowest BCUT2D eigenvalue weighted by Gasteiger charge is -2.43. The number of hydrogen-bond donors (Lipinski definition) is 11. The van der Waals surface area contributed by atoms with E-state index in [0.29, 0.717) is 24.3 Å². The molecule has 0 spiro atoms. The van der Waals surface area contributed by atoms with Crippen molar-refractivity contribution < 1.29 is 99.0 Å². The minimum absolute atomic E-state index is 0.118. The summed E-state index contributed by atoms with van der Waals surface area (Å²) in [5, 5.41) is 110. The van der Waals surface area contributed by atoms with Gasteiger partial charge in [0.1, 0.15) is 24.6 Å². The Balaban J connectivity index is 1.54. The molecule has 1 fully saturated rings. The molecular formula is C34H30O20. The summed E-state index contributed by atoms with van der Waals surface area (Å²) in [6, 6.07) is 7.75. The van der Waals surface area contributed by atoms with E-state index in [1.54, 1.807) is 0 Å². The highest BCUT2D eigenvalue weighted by Gasteiger charge is 2.52. The molecule has 11 N–H and O–H groups in total. The highest BCUT2D eigenvalue weighted by molar-refractivity contribution is 5.93. The van der Waals surface area contributed by atoms with Crippen LogP contribution < -0.4 is 9.47 Å². The molecule has 0 aliphatic carbocycles. The molecule has 4 aromatic rings. The summed E-state index contributed by atoms with van der Waals surface area (Å²) in [6.45, 7) is -0.906. The number of hydrogen-bond acceptors (Lipinski definition) is 20. The Morgan fingerprint density at radius 2 is 1.02 bits per heavy atom. The number of carbonyl (C=O) groups excluding carboxylic acids is 3. The van der Waals surface area contributed by atoms with E-state index < -0.39 is 124 Å². The maximum Gasteiger partial charge on any atom is 0.339 e. The molecular weight excluding hydrogens is 728 g/mol. The molecule has 1 heterocycles. The zero-order valence-electron chi connectivity index (χ0n) is 27.4. The van der Waals surface area contributed by atoms with E-state index in [9.17, 15) is 70.6 Å². The van der Waals surface area contributed by atoms with Gasteiger partial charge < -0.3 is 84.6 Å². The monoisotopic (exact) mass is 758 g/mol. The van der Waals surface area contributed by atoms with E-state index >= 15 is 0 Å². The highest BCUT2D eigenvalue weighted by atomic mass is 16.7. The molecule has 20 heteroatoms. The highest BCUT2D eigenvalue weighted by Crippen LogP contribution is 2.39. The molecule has 1 aliphatic rings. The van der Waals surface area contributed by atoms with Crippen molar-refractivity contribution in [3.05, 3.63) is 71.3 Å². The first-order valence-corrected chi connectivity index (χ1v) is 15.2. The topological polar surface area (TPSA) is 329 Å². The Labute approximate surface area is 301 Å². The fourth-order valence-electron chi connectivity index (χ4n) is 5.04. The lowest BCUT2D eigenvalue weighted by molar-refractivity contribution is -0.276. The zero-order valence-corrected chi connectivity index (χ0v) is 27.4. The molecule has 5 atom stereocenters. The number of benzene rings is 4. The summed E-state index contributed by atoms with van der Waals surface area (Å²) in [6.07, 6.45) is -9.92. The molecule has 20 nitrogen and oxygen atoms in total. The second kappa shape index (κ2) is 15.2. The molecule has 0 radical (unpaired) electrons. The Bertz CT molecular complexity index is 2030. The van der Waals surface area contributed by atoms with E-state index in [0.717, 1.165) is 24.3 Å². The first kappa shape index (κ1) is 38.1. The first-order valence-electron chi connectivity index (χ1n) is 15.2. The second-order valence-corrected chi connectivity index (χ2v) is 11.4. The molecule has 54 heavy (non-hydrogen) atoms. The maximum absolute atomic E-state index is 13.4. The Kier molecular flexibility index (Phi) is 10.7. The van der Waals surface area contributed by atoms with Crippen molar-refractivity contribution in [1.29, 1.82) is 0 Å². The van der Waals surface area contributed by atoms with E-state index in [4.69, 9.17) is 28.4 Å². The van der Waals surface area contributed by atoms with E-state index in [2.05, 4.69) is 0 Å². The summed E-state index contributed by atoms with van der Waals surface area (Å²) >= 11 is 0. The predicted molar refractivity (Wildman–Crippen MR) is 173 cm³/mol. The maximum atomic E-state index is 13.4. The quantitative estimate of drug-likeness (QED) is 0.0620. The molecule has 0 bridgehead atoms. The first-order chi connectivity index (χ1) is 25.5. The van der Waals surface area contributed by atoms with Gasteiger partial charge in [0.05, 0.1) is 23.8 Å². The normalized spacial score (nSPS) is 19.3. The lowest BCUT2D eigenvalue weighted by Crippen LogP contribution is -2.62. The molecule has 286 valence electrons. The number of aliphatic hydroxyl groups is 1. The Morgan fingerprint density at radius 3 is 1.46 bits per heavy atom. The SMILES string of the molecule is COc1cc(O[C@@H]2O[C@H](COC(=O)c3cc(O)c(O)c(O)c3)[C@@H](O)[C@H](OC(=O)c3cc(O)c(O)c(O)c3)[C@H]2OC(=O)c2cc(O)c(O)c(O)c2)ccc1O. The van der Waals surface area contributed by atoms with Gasteiger partial charge in [0.15, 0.2) is 69.3 Å². The standard InChI is InChI=1S/C34H30O20/c1-49-23-10-15(2-3-16(23)35)51-34-30(54-33(48)14-8-21(40)27(44)22(41)9-14)29(53-32(47)13-6-19(38)26(43)20(39)7-13)28(45)24(52-34)11-50-31(46)12-4-17(36)25(42)18(37)5-12/h2-10,24,28-30,34-45H,11H2,1H3/t24-,28-,29+,30-,34-/m1/s1.